The monoisotopic (exact) mass is 623 g/mol. The molecule has 3 amide bonds. The highest BCUT2D eigenvalue weighted by atomic mass is 16.6. The van der Waals surface area contributed by atoms with Crippen molar-refractivity contribution in [2.45, 2.75) is 88.6 Å². The van der Waals surface area contributed by atoms with Gasteiger partial charge < -0.3 is 29.7 Å². The normalized spacial score (nSPS) is 25.5. The van der Waals surface area contributed by atoms with Crippen LogP contribution in [0.2, 0.25) is 0 Å². The summed E-state index contributed by atoms with van der Waals surface area (Å²) in [7, 11) is 0. The van der Waals surface area contributed by atoms with Crippen molar-refractivity contribution >= 4 is 23.7 Å². The summed E-state index contributed by atoms with van der Waals surface area (Å²) in [4.78, 5) is 58.3. The molecule has 45 heavy (non-hydrogen) atoms. The average Bonchev–Trinajstić information content (AvgIpc) is 3.69. The molecule has 0 saturated carbocycles. The molecule has 4 rings (SSSR count). The number of fused-ring (bicyclic) bond motifs is 1. The van der Waals surface area contributed by atoms with Crippen molar-refractivity contribution in [2.24, 2.45) is 11.8 Å². The molecule has 3 saturated heterocycles. The lowest BCUT2D eigenvalue weighted by Gasteiger charge is -2.37. The number of likely N-dealkylation sites (tertiary alicyclic amines) is 1. The lowest BCUT2D eigenvalue weighted by atomic mass is 9.70. The third-order valence-electron chi connectivity index (χ3n) is 9.30. The molecule has 3 aliphatic heterocycles. The Hall–Kier alpha value is -3.50. The molecule has 6 atom stereocenters. The second-order valence-corrected chi connectivity index (χ2v) is 12.3. The van der Waals surface area contributed by atoms with Crippen molar-refractivity contribution in [3.8, 4) is 0 Å². The zero-order valence-corrected chi connectivity index (χ0v) is 26.5. The van der Waals surface area contributed by atoms with Crippen LogP contribution in [-0.4, -0.2) is 89.1 Å². The highest BCUT2D eigenvalue weighted by Crippen LogP contribution is 2.59. The average molecular weight is 624 g/mol. The smallest absolute Gasteiger partial charge is 0.313 e. The summed E-state index contributed by atoms with van der Waals surface area (Å²) in [5.41, 5.74) is -0.396. The van der Waals surface area contributed by atoms with E-state index in [0.29, 0.717) is 58.2 Å². The molecule has 0 radical (unpaired) electrons. The number of carbonyl (C=O) groups excluding carboxylic acids is 4. The van der Waals surface area contributed by atoms with Crippen molar-refractivity contribution in [1.82, 2.24) is 15.1 Å². The van der Waals surface area contributed by atoms with Gasteiger partial charge in [0.15, 0.2) is 0 Å². The lowest BCUT2D eigenvalue weighted by Crippen LogP contribution is -2.56. The van der Waals surface area contributed by atoms with E-state index >= 15 is 0 Å². The first-order valence-electron chi connectivity index (χ1n) is 16.4. The molecule has 0 unspecified atom stereocenters. The first kappa shape index (κ1) is 34.4. The van der Waals surface area contributed by atoms with Crippen LogP contribution in [0.3, 0.4) is 0 Å². The van der Waals surface area contributed by atoms with Gasteiger partial charge in [0.25, 0.3) is 0 Å². The van der Waals surface area contributed by atoms with Crippen LogP contribution in [0.15, 0.2) is 55.6 Å². The second kappa shape index (κ2) is 16.2. The Balaban J connectivity index is 1.61. The summed E-state index contributed by atoms with van der Waals surface area (Å²) >= 11 is 0. The Bertz CT molecular complexity index is 1210. The Kier molecular flexibility index (Phi) is 12.4. The van der Waals surface area contributed by atoms with E-state index in [-0.39, 0.29) is 37.3 Å². The van der Waals surface area contributed by atoms with Crippen LogP contribution in [-0.2, 0) is 28.7 Å². The number of nitrogens with one attached hydrogen (secondary N) is 1. The van der Waals surface area contributed by atoms with Gasteiger partial charge in [-0.15, -0.1) is 13.2 Å². The molecule has 2 bridgehead atoms. The van der Waals surface area contributed by atoms with Gasteiger partial charge in [0.05, 0.1) is 24.5 Å². The number of aliphatic hydroxyl groups excluding tert-OH is 1. The summed E-state index contributed by atoms with van der Waals surface area (Å²) in [6.07, 6.45) is 7.57. The molecule has 246 valence electrons. The van der Waals surface area contributed by atoms with Gasteiger partial charge in [-0.3, -0.25) is 19.2 Å². The number of ether oxygens (including phenoxy) is 2. The number of rotatable bonds is 19. The van der Waals surface area contributed by atoms with Gasteiger partial charge in [-0.1, -0.05) is 55.8 Å². The van der Waals surface area contributed by atoms with Gasteiger partial charge in [-0.2, -0.15) is 0 Å². The fourth-order valence-corrected chi connectivity index (χ4v) is 7.12. The van der Waals surface area contributed by atoms with E-state index in [1.54, 1.807) is 22.0 Å². The summed E-state index contributed by atoms with van der Waals surface area (Å²) in [6.45, 7) is 10.9. The van der Waals surface area contributed by atoms with Crippen molar-refractivity contribution < 1.29 is 33.8 Å². The minimum absolute atomic E-state index is 0.0585. The summed E-state index contributed by atoms with van der Waals surface area (Å²) < 4.78 is 12.7. The Morgan fingerprint density at radius 3 is 2.64 bits per heavy atom. The maximum atomic E-state index is 14.3. The highest BCUT2D eigenvalue weighted by Gasteiger charge is 2.75. The molecule has 0 aromatic heterocycles. The van der Waals surface area contributed by atoms with Gasteiger partial charge in [-0.05, 0) is 50.5 Å². The fraction of sp³-hybridized carbons (Fsp3) is 0.600. The number of unbranched alkanes of at least 4 members (excludes halogenated alkanes) is 3. The molecule has 1 spiro atoms. The maximum absolute atomic E-state index is 14.3. The Morgan fingerprint density at radius 2 is 1.96 bits per heavy atom. The molecule has 3 heterocycles. The third-order valence-corrected chi connectivity index (χ3v) is 9.30. The van der Waals surface area contributed by atoms with Crippen LogP contribution in [0.4, 0.5) is 0 Å². The Labute approximate surface area is 266 Å². The van der Waals surface area contributed by atoms with Crippen molar-refractivity contribution in [1.29, 1.82) is 0 Å². The first-order valence-corrected chi connectivity index (χ1v) is 16.4. The number of amides is 3. The lowest BCUT2D eigenvalue weighted by molar-refractivity contribution is -0.160. The van der Waals surface area contributed by atoms with E-state index in [1.165, 1.54) is 0 Å². The van der Waals surface area contributed by atoms with E-state index < -0.39 is 41.7 Å². The molecule has 3 fully saturated rings. The number of nitrogens with zero attached hydrogens (tertiary/aromatic N) is 2. The van der Waals surface area contributed by atoms with Gasteiger partial charge in [0, 0.05) is 32.7 Å². The molecule has 1 aromatic carbocycles. The number of allylic oxidation sites excluding steroid dienone is 1. The minimum Gasteiger partial charge on any atom is -0.455 e. The number of carbonyl (C=O) groups is 4. The van der Waals surface area contributed by atoms with E-state index in [9.17, 15) is 24.3 Å². The maximum Gasteiger partial charge on any atom is 0.313 e. The first-order chi connectivity index (χ1) is 21.8. The van der Waals surface area contributed by atoms with Gasteiger partial charge in [-0.25, -0.2) is 0 Å². The molecule has 10 nitrogen and oxygen atoms in total. The predicted molar refractivity (Wildman–Crippen MR) is 170 cm³/mol. The number of benzene rings is 1. The van der Waals surface area contributed by atoms with Crippen LogP contribution in [0, 0.1) is 11.8 Å². The zero-order valence-electron chi connectivity index (χ0n) is 26.5. The van der Waals surface area contributed by atoms with Crippen LogP contribution in [0.1, 0.15) is 76.4 Å². The number of hydrogen-bond donors (Lipinski definition) is 2. The van der Waals surface area contributed by atoms with Crippen molar-refractivity contribution in [3.05, 3.63) is 61.2 Å². The van der Waals surface area contributed by atoms with Crippen molar-refractivity contribution in [3.63, 3.8) is 0 Å². The van der Waals surface area contributed by atoms with Crippen LogP contribution >= 0.6 is 0 Å². The number of aliphatic hydroxyl groups is 1. The third kappa shape index (κ3) is 7.49. The van der Waals surface area contributed by atoms with Crippen LogP contribution in [0.5, 0.6) is 0 Å². The van der Waals surface area contributed by atoms with Crippen LogP contribution < -0.4 is 5.32 Å². The zero-order chi connectivity index (χ0) is 32.4. The largest absolute Gasteiger partial charge is 0.455 e. The number of esters is 1. The second-order valence-electron chi connectivity index (χ2n) is 12.3. The highest BCUT2D eigenvalue weighted by molar-refractivity contribution is 5.98. The molecular weight excluding hydrogens is 574 g/mol. The van der Waals surface area contributed by atoms with E-state index in [4.69, 9.17) is 9.47 Å². The standard InChI is InChI=1S/C35H49N3O7/c1-4-7-17-28(40)36-24-27(25-15-11-9-12-16-25)44-34(43)29-26-18-19-35(45-26)30(29)32(41)38(22-13-10-14-23-39)31(35)33(42)37(20-6-3)21-8-5-2/h4,6,9,11-12,15-16,26-27,29-31,39H,1,3,5,7-8,10,13-14,17-24H2,2H3,(H,36,40)/t26-,27+,29+,30+,31-,35+/m0/s1. The Morgan fingerprint density at radius 1 is 1.18 bits per heavy atom. The quantitative estimate of drug-likeness (QED) is 0.137. The van der Waals surface area contributed by atoms with E-state index in [2.05, 4.69) is 25.4 Å². The van der Waals surface area contributed by atoms with Gasteiger partial charge in [0.2, 0.25) is 17.7 Å². The topological polar surface area (TPSA) is 125 Å². The van der Waals surface area contributed by atoms with Gasteiger partial charge in [0.1, 0.15) is 17.7 Å². The SMILES string of the molecule is C=CCCC(=O)NC[C@@H](OC(=O)[C@@H]1[C@@H]2CC[C@]3(O2)[C@H](C(=O)N(CC=C)CCCC)N(CCCCCO)C(=O)[C@@H]13)c1ccccc1. The number of hydrogen-bond acceptors (Lipinski definition) is 7. The fourth-order valence-electron chi connectivity index (χ4n) is 7.12. The van der Waals surface area contributed by atoms with Crippen LogP contribution in [0.25, 0.3) is 0 Å². The van der Waals surface area contributed by atoms with E-state index in [1.807, 2.05) is 30.3 Å². The van der Waals surface area contributed by atoms with Gasteiger partial charge >= 0.3 is 5.97 Å². The molecule has 1 aromatic rings. The molecular formula is C35H49N3O7. The molecule has 3 aliphatic rings. The van der Waals surface area contributed by atoms with Crippen molar-refractivity contribution in [2.75, 3.05) is 32.8 Å². The molecule has 10 heteroatoms. The summed E-state index contributed by atoms with van der Waals surface area (Å²) in [5.74, 6) is -2.88. The summed E-state index contributed by atoms with van der Waals surface area (Å²) in [5, 5.41) is 12.1. The van der Waals surface area contributed by atoms with E-state index in [0.717, 1.165) is 18.4 Å². The summed E-state index contributed by atoms with van der Waals surface area (Å²) in [6, 6.07) is 8.35. The minimum atomic E-state index is -1.12. The molecule has 2 N–H and O–H groups in total. The predicted octanol–water partition coefficient (Wildman–Crippen LogP) is 3.71. The molecule has 0 aliphatic carbocycles.